The molecule has 8 rings (SSSR count). The molecule has 2 amide bonds. The number of aromatic nitrogens is 2. The van der Waals surface area contributed by atoms with Crippen molar-refractivity contribution in [3.05, 3.63) is 171 Å². The zero-order chi connectivity index (χ0) is 49.6. The van der Waals surface area contributed by atoms with Crippen LogP contribution in [0.25, 0.3) is 39.2 Å². The van der Waals surface area contributed by atoms with Crippen LogP contribution in [0.2, 0.25) is 18.1 Å². The Morgan fingerprint density at radius 3 is 2.34 bits per heavy atom. The van der Waals surface area contributed by atoms with E-state index in [1.165, 1.54) is 11.0 Å². The van der Waals surface area contributed by atoms with Gasteiger partial charge in [0.2, 0.25) is 5.56 Å². The summed E-state index contributed by atoms with van der Waals surface area (Å²) in [4.78, 5) is 55.6. The van der Waals surface area contributed by atoms with Crippen molar-refractivity contribution in [2.45, 2.75) is 102 Å². The predicted molar refractivity (Wildman–Crippen MR) is 277 cm³/mol. The Morgan fingerprint density at radius 1 is 0.900 bits per heavy atom. The minimum Gasteiger partial charge on any atom is -0.506 e. The van der Waals surface area contributed by atoms with Gasteiger partial charge in [-0.1, -0.05) is 118 Å². The number of carbonyl (C=O) groups excluding carboxylic acids is 1. The molecule has 364 valence electrons. The molecule has 14 nitrogen and oxygen atoms in total. The van der Waals surface area contributed by atoms with E-state index in [0.29, 0.717) is 66.5 Å². The van der Waals surface area contributed by atoms with Gasteiger partial charge in [0.05, 0.1) is 22.8 Å². The van der Waals surface area contributed by atoms with E-state index in [-0.39, 0.29) is 41.6 Å². The first kappa shape index (κ1) is 49.2. The summed E-state index contributed by atoms with van der Waals surface area (Å²) in [5, 5.41) is 28.6. The first-order valence-electron chi connectivity index (χ1n) is 23.8. The van der Waals surface area contributed by atoms with Crippen LogP contribution in [0.3, 0.4) is 0 Å². The summed E-state index contributed by atoms with van der Waals surface area (Å²) in [5.41, 5.74) is 6.75. The second kappa shape index (κ2) is 21.2. The van der Waals surface area contributed by atoms with Crippen LogP contribution in [0.1, 0.15) is 74.8 Å². The van der Waals surface area contributed by atoms with Gasteiger partial charge in [-0.2, -0.15) is 0 Å². The van der Waals surface area contributed by atoms with Gasteiger partial charge >= 0.3 is 17.9 Å². The number of ether oxygens (including phenoxy) is 1. The van der Waals surface area contributed by atoms with Crippen LogP contribution in [-0.4, -0.2) is 58.9 Å². The standard InChI is InChI=1S/C55H61N5O9Si/c1-55(2,3)70(4,5)69-49(43-25-27-47(61)51-44(43)26-29-50(62)58-51)34-56-33-38-19-28-48-46(32-38)59(54(66)68-48)30-12-15-36-18-24-42(39-16-10-7-11-17-39)45(31-36)60(53(64)65)41-22-20-40(21-23-41)57-52(63)67-35-37-13-8-6-9-14-37/h6-19,24-29,31-32,40-41,49,56,61H,20-23,30,33-35H2,1-5H3,(H,57,63)(H,58,62)(H,64,65). The zero-order valence-electron chi connectivity index (χ0n) is 40.2. The van der Waals surface area contributed by atoms with Crippen molar-refractivity contribution in [3.63, 3.8) is 0 Å². The number of hydrogen-bond acceptors (Lipinski definition) is 9. The van der Waals surface area contributed by atoms with Crippen molar-refractivity contribution >= 4 is 54.3 Å². The Morgan fingerprint density at radius 2 is 1.63 bits per heavy atom. The highest BCUT2D eigenvalue weighted by molar-refractivity contribution is 6.74. The molecule has 2 heterocycles. The summed E-state index contributed by atoms with van der Waals surface area (Å²) < 4.78 is 19.7. The van der Waals surface area contributed by atoms with Gasteiger partial charge < -0.3 is 39.4 Å². The normalized spacial score (nSPS) is 15.8. The number of H-pyrrole nitrogens is 1. The lowest BCUT2D eigenvalue weighted by molar-refractivity contribution is 0.132. The zero-order valence-corrected chi connectivity index (χ0v) is 41.2. The van der Waals surface area contributed by atoms with Crippen LogP contribution in [0, 0.1) is 0 Å². The highest BCUT2D eigenvalue weighted by Crippen LogP contribution is 2.41. The third-order valence-electron chi connectivity index (χ3n) is 13.7. The second-order valence-electron chi connectivity index (χ2n) is 19.5. The summed E-state index contributed by atoms with van der Waals surface area (Å²) in [6, 6.07) is 36.7. The molecule has 1 aliphatic rings. The number of nitrogens with one attached hydrogen (secondary N) is 3. The molecule has 5 aromatic carbocycles. The number of aromatic amines is 1. The molecule has 2 aromatic heterocycles. The topological polar surface area (TPSA) is 188 Å². The van der Waals surface area contributed by atoms with E-state index in [1.807, 2.05) is 109 Å². The monoisotopic (exact) mass is 963 g/mol. The molecule has 7 aromatic rings. The Labute approximate surface area is 407 Å². The van der Waals surface area contributed by atoms with E-state index < -0.39 is 32.4 Å². The molecule has 1 fully saturated rings. The highest BCUT2D eigenvalue weighted by Gasteiger charge is 2.40. The summed E-state index contributed by atoms with van der Waals surface area (Å²) in [6.45, 7) is 12.2. The molecule has 1 atom stereocenters. The van der Waals surface area contributed by atoms with E-state index in [0.717, 1.165) is 33.4 Å². The van der Waals surface area contributed by atoms with Crippen LogP contribution in [-0.2, 0) is 28.9 Å². The summed E-state index contributed by atoms with van der Waals surface area (Å²) in [7, 11) is -2.30. The van der Waals surface area contributed by atoms with E-state index in [2.05, 4.69) is 49.5 Å². The van der Waals surface area contributed by atoms with Crippen LogP contribution < -0.4 is 26.8 Å². The van der Waals surface area contributed by atoms with Gasteiger partial charge in [-0.05, 0) is 102 Å². The predicted octanol–water partition coefficient (Wildman–Crippen LogP) is 11.1. The molecule has 0 saturated heterocycles. The lowest BCUT2D eigenvalue weighted by atomic mass is 9.89. The molecular weight excluding hydrogens is 903 g/mol. The average molecular weight is 964 g/mol. The number of phenols is 1. The number of carboxylic acid groups (broad SMARTS) is 1. The van der Waals surface area contributed by atoms with E-state index >= 15 is 0 Å². The van der Waals surface area contributed by atoms with Crippen molar-refractivity contribution in [1.29, 1.82) is 0 Å². The molecule has 0 bridgehead atoms. The van der Waals surface area contributed by atoms with E-state index in [1.54, 1.807) is 22.8 Å². The number of alkyl carbamates (subject to hydrolysis) is 1. The fourth-order valence-electron chi connectivity index (χ4n) is 8.90. The fraction of sp³-hybridized carbons (Fsp3) is 0.309. The van der Waals surface area contributed by atoms with E-state index in [9.17, 15) is 29.4 Å². The van der Waals surface area contributed by atoms with Gasteiger partial charge in [-0.25, -0.2) is 14.4 Å². The number of nitrogens with zero attached hydrogens (tertiary/aromatic N) is 2. The molecule has 70 heavy (non-hydrogen) atoms. The van der Waals surface area contributed by atoms with Crippen LogP contribution in [0.5, 0.6) is 5.75 Å². The minimum absolute atomic E-state index is 0.0134. The molecule has 1 unspecified atom stereocenters. The molecule has 15 heteroatoms. The minimum atomic E-state index is -2.30. The number of phenolic OH excluding ortho intramolecular Hbond substituents is 1. The number of amides is 2. The largest absolute Gasteiger partial charge is 0.506 e. The van der Waals surface area contributed by atoms with Crippen LogP contribution in [0.4, 0.5) is 15.3 Å². The molecular formula is C55H61N5O9Si. The third-order valence-corrected chi connectivity index (χ3v) is 18.1. The molecule has 1 saturated carbocycles. The van der Waals surface area contributed by atoms with Crippen LogP contribution >= 0.6 is 0 Å². The Bertz CT molecular complexity index is 3110. The van der Waals surface area contributed by atoms with Crippen molar-refractivity contribution < 1.29 is 33.4 Å². The lowest BCUT2D eigenvalue weighted by Crippen LogP contribution is -2.46. The molecule has 0 radical (unpaired) electrons. The first-order valence-corrected chi connectivity index (χ1v) is 26.7. The van der Waals surface area contributed by atoms with Gasteiger partial charge in [0.25, 0.3) is 0 Å². The Kier molecular flexibility index (Phi) is 14.9. The van der Waals surface area contributed by atoms with E-state index in [4.69, 9.17) is 13.6 Å². The number of carbonyl (C=O) groups is 2. The summed E-state index contributed by atoms with van der Waals surface area (Å²) in [5.74, 6) is -0.517. The van der Waals surface area contributed by atoms with Gasteiger partial charge in [-0.3, -0.25) is 14.3 Å². The number of benzene rings is 5. The molecule has 0 spiro atoms. The molecule has 0 aliphatic heterocycles. The van der Waals surface area contributed by atoms with Gasteiger partial charge in [0.15, 0.2) is 13.9 Å². The third kappa shape index (κ3) is 11.4. The fourth-order valence-corrected chi connectivity index (χ4v) is 10.2. The maximum Gasteiger partial charge on any atom is 0.420 e. The van der Waals surface area contributed by atoms with Crippen molar-refractivity contribution in [2.24, 2.45) is 0 Å². The lowest BCUT2D eigenvalue weighted by Gasteiger charge is -2.39. The number of allylic oxidation sites excluding steroid dienone is 1. The maximum atomic E-state index is 13.3. The van der Waals surface area contributed by atoms with Crippen molar-refractivity contribution in [1.82, 2.24) is 20.2 Å². The van der Waals surface area contributed by atoms with Gasteiger partial charge in [0.1, 0.15) is 12.4 Å². The SMILES string of the molecule is CC(C)(C)[Si](C)(C)OC(CNCc1ccc2oc(=O)n(CC=Cc3ccc(-c4ccccc4)c(N(C(=O)O)C4CCC(NC(=O)OCc5ccccc5)CC4)c3)c2c1)c1ccc(O)c2[nH]c(=O)ccc12. The molecule has 1 aliphatic carbocycles. The number of oxazole rings is 1. The number of rotatable bonds is 16. The van der Waals surface area contributed by atoms with Gasteiger partial charge in [0, 0.05) is 48.7 Å². The first-order chi connectivity index (χ1) is 33.5. The van der Waals surface area contributed by atoms with Gasteiger partial charge in [-0.15, -0.1) is 0 Å². The Hall–Kier alpha value is -7.20. The number of aromatic hydroxyl groups is 1. The summed E-state index contributed by atoms with van der Waals surface area (Å²) in [6.07, 6.45) is 4.05. The maximum absolute atomic E-state index is 13.3. The number of fused-ring (bicyclic) bond motifs is 2. The smallest absolute Gasteiger partial charge is 0.420 e. The van der Waals surface area contributed by atoms with Crippen molar-refractivity contribution in [2.75, 3.05) is 11.4 Å². The number of anilines is 1. The highest BCUT2D eigenvalue weighted by atomic mass is 28.4. The van der Waals surface area contributed by atoms with Crippen LogP contribution in [0.15, 0.2) is 141 Å². The Balaban J connectivity index is 0.976. The quantitative estimate of drug-likeness (QED) is 0.0583. The number of hydrogen-bond donors (Lipinski definition) is 5. The van der Waals surface area contributed by atoms with Crippen molar-refractivity contribution in [3.8, 4) is 16.9 Å². The second-order valence-corrected chi connectivity index (χ2v) is 24.2. The average Bonchev–Trinajstić information content (AvgIpc) is 3.65. The number of pyridine rings is 1. The summed E-state index contributed by atoms with van der Waals surface area (Å²) >= 11 is 0. The molecule has 5 N–H and O–H groups in total.